The molecule has 21 heavy (non-hydrogen) atoms. The van der Waals surface area contributed by atoms with Crippen molar-refractivity contribution in [3.63, 3.8) is 0 Å². The number of likely N-dealkylation sites (tertiary alicyclic amines) is 1. The van der Waals surface area contributed by atoms with E-state index in [1.54, 1.807) is 4.68 Å². The second-order valence-electron chi connectivity index (χ2n) is 6.03. The Balaban J connectivity index is 1.76. The highest BCUT2D eigenvalue weighted by Crippen LogP contribution is 2.22. The number of anilines is 1. The van der Waals surface area contributed by atoms with Gasteiger partial charge in [0, 0.05) is 19.1 Å². The number of nitrogens with zero attached hydrogens (tertiary/aromatic N) is 4. The monoisotopic (exact) mass is 295 g/mol. The zero-order valence-corrected chi connectivity index (χ0v) is 12.1. The van der Waals surface area contributed by atoms with Crippen molar-refractivity contribution < 1.29 is 15.0 Å². The highest BCUT2D eigenvalue weighted by molar-refractivity contribution is 5.91. The summed E-state index contributed by atoms with van der Waals surface area (Å²) in [6.45, 7) is 3.13. The molecule has 0 spiro atoms. The standard InChI is InChI=1S/C13H21N5O3/c1-9-3-6-18-12(14-9)15-10(16-18)11(20)17-5-2-4-13(21,7-17)8-19/h9,19,21H,2-8H2,1H3,(H,14,15,16). The third-order valence-corrected chi connectivity index (χ3v) is 4.15. The number of aryl methyl sites for hydroxylation is 1. The fraction of sp³-hybridized carbons (Fsp3) is 0.769. The van der Waals surface area contributed by atoms with Crippen molar-refractivity contribution >= 4 is 11.9 Å². The molecule has 1 saturated heterocycles. The summed E-state index contributed by atoms with van der Waals surface area (Å²) in [6, 6.07) is 0.319. The molecule has 2 aliphatic heterocycles. The summed E-state index contributed by atoms with van der Waals surface area (Å²) in [5, 5.41) is 26.8. The molecular weight excluding hydrogens is 274 g/mol. The molecule has 0 aliphatic carbocycles. The van der Waals surface area contributed by atoms with Gasteiger partial charge >= 0.3 is 0 Å². The van der Waals surface area contributed by atoms with Crippen molar-refractivity contribution in [1.82, 2.24) is 19.7 Å². The van der Waals surface area contributed by atoms with Gasteiger partial charge in [0.15, 0.2) is 0 Å². The number of piperidine rings is 1. The van der Waals surface area contributed by atoms with E-state index in [0.717, 1.165) is 13.0 Å². The molecular formula is C13H21N5O3. The first kappa shape index (κ1) is 14.3. The van der Waals surface area contributed by atoms with Gasteiger partial charge in [-0.1, -0.05) is 0 Å². The Morgan fingerprint density at radius 3 is 3.10 bits per heavy atom. The Morgan fingerprint density at radius 2 is 2.33 bits per heavy atom. The summed E-state index contributed by atoms with van der Waals surface area (Å²) in [5.41, 5.74) is -1.21. The molecule has 3 heterocycles. The molecule has 2 atom stereocenters. The minimum atomic E-state index is -1.21. The fourth-order valence-corrected chi connectivity index (χ4v) is 2.86. The van der Waals surface area contributed by atoms with Crippen molar-refractivity contribution in [2.75, 3.05) is 25.0 Å². The van der Waals surface area contributed by atoms with Crippen molar-refractivity contribution in [3.8, 4) is 0 Å². The Kier molecular flexibility index (Phi) is 3.58. The average molecular weight is 295 g/mol. The average Bonchev–Trinajstić information content (AvgIpc) is 2.89. The first-order valence-corrected chi connectivity index (χ1v) is 7.35. The Labute approximate surface area is 122 Å². The van der Waals surface area contributed by atoms with Crippen LogP contribution in [-0.2, 0) is 6.54 Å². The molecule has 8 nitrogen and oxygen atoms in total. The van der Waals surface area contributed by atoms with E-state index in [1.807, 2.05) is 0 Å². The van der Waals surface area contributed by atoms with Gasteiger partial charge in [-0.3, -0.25) is 4.79 Å². The van der Waals surface area contributed by atoms with Crippen molar-refractivity contribution in [1.29, 1.82) is 0 Å². The van der Waals surface area contributed by atoms with Crippen LogP contribution in [0.1, 0.15) is 36.8 Å². The number of aromatic nitrogens is 3. The quantitative estimate of drug-likeness (QED) is 0.676. The van der Waals surface area contributed by atoms with E-state index in [4.69, 9.17) is 0 Å². The topological polar surface area (TPSA) is 104 Å². The Bertz CT molecular complexity index is 546. The maximum absolute atomic E-state index is 12.5. The van der Waals surface area contributed by atoms with Crippen molar-refractivity contribution in [2.24, 2.45) is 0 Å². The number of rotatable bonds is 2. The second-order valence-corrected chi connectivity index (χ2v) is 6.03. The molecule has 0 aromatic carbocycles. The molecule has 8 heteroatoms. The number of aliphatic hydroxyl groups excluding tert-OH is 1. The van der Waals surface area contributed by atoms with Crippen LogP contribution in [0.5, 0.6) is 0 Å². The van der Waals surface area contributed by atoms with Gasteiger partial charge in [0.05, 0.1) is 13.2 Å². The fourth-order valence-electron chi connectivity index (χ4n) is 2.86. The molecule has 1 fully saturated rings. The van der Waals surface area contributed by atoms with E-state index < -0.39 is 5.60 Å². The van der Waals surface area contributed by atoms with Crippen LogP contribution in [0, 0.1) is 0 Å². The van der Waals surface area contributed by atoms with Crippen LogP contribution in [0.25, 0.3) is 0 Å². The van der Waals surface area contributed by atoms with Gasteiger partial charge in [-0.25, -0.2) is 4.68 Å². The van der Waals surface area contributed by atoms with Gasteiger partial charge in [0.2, 0.25) is 11.8 Å². The minimum Gasteiger partial charge on any atom is -0.393 e. The number of fused-ring (bicyclic) bond motifs is 1. The summed E-state index contributed by atoms with van der Waals surface area (Å²) in [7, 11) is 0. The Morgan fingerprint density at radius 1 is 1.52 bits per heavy atom. The van der Waals surface area contributed by atoms with Crippen LogP contribution in [0.15, 0.2) is 0 Å². The first-order valence-electron chi connectivity index (χ1n) is 7.35. The molecule has 2 unspecified atom stereocenters. The highest BCUT2D eigenvalue weighted by atomic mass is 16.3. The summed E-state index contributed by atoms with van der Waals surface area (Å²) >= 11 is 0. The third kappa shape index (κ3) is 2.73. The van der Waals surface area contributed by atoms with Crippen LogP contribution in [0.4, 0.5) is 5.95 Å². The summed E-state index contributed by atoms with van der Waals surface area (Å²) in [4.78, 5) is 18.2. The molecule has 1 aromatic heterocycles. The summed E-state index contributed by atoms with van der Waals surface area (Å²) in [5.74, 6) is 0.471. The molecule has 116 valence electrons. The van der Waals surface area contributed by atoms with Gasteiger partial charge in [0.1, 0.15) is 5.60 Å². The lowest BCUT2D eigenvalue weighted by Gasteiger charge is -2.37. The van der Waals surface area contributed by atoms with E-state index in [0.29, 0.717) is 31.4 Å². The molecule has 2 aliphatic rings. The lowest BCUT2D eigenvalue weighted by Crippen LogP contribution is -2.52. The van der Waals surface area contributed by atoms with Crippen molar-refractivity contribution in [2.45, 2.75) is 44.4 Å². The smallest absolute Gasteiger partial charge is 0.293 e. The van der Waals surface area contributed by atoms with Crippen molar-refractivity contribution in [3.05, 3.63) is 5.82 Å². The highest BCUT2D eigenvalue weighted by Gasteiger charge is 2.36. The maximum atomic E-state index is 12.5. The summed E-state index contributed by atoms with van der Waals surface area (Å²) in [6.07, 6.45) is 2.10. The van der Waals surface area contributed by atoms with Crippen LogP contribution >= 0.6 is 0 Å². The summed E-state index contributed by atoms with van der Waals surface area (Å²) < 4.78 is 1.70. The predicted octanol–water partition coefficient (Wildman–Crippen LogP) is -0.558. The minimum absolute atomic E-state index is 0.121. The van der Waals surface area contributed by atoms with E-state index in [9.17, 15) is 15.0 Å². The molecule has 3 N–H and O–H groups in total. The maximum Gasteiger partial charge on any atom is 0.293 e. The van der Waals surface area contributed by atoms with Gasteiger partial charge in [-0.2, -0.15) is 4.98 Å². The molecule has 1 amide bonds. The third-order valence-electron chi connectivity index (χ3n) is 4.15. The van der Waals surface area contributed by atoms with E-state index in [2.05, 4.69) is 22.3 Å². The SMILES string of the molecule is CC1CCn2nc(C(=O)N3CCCC(O)(CO)C3)nc2N1. The number of nitrogens with one attached hydrogen (secondary N) is 1. The van der Waals surface area contributed by atoms with Gasteiger partial charge in [-0.15, -0.1) is 5.10 Å². The number of carbonyl (C=O) groups excluding carboxylic acids is 1. The number of amides is 1. The molecule has 0 bridgehead atoms. The lowest BCUT2D eigenvalue weighted by molar-refractivity contribution is -0.0600. The van der Waals surface area contributed by atoms with Crippen LogP contribution in [-0.4, -0.2) is 67.1 Å². The molecule has 3 rings (SSSR count). The van der Waals surface area contributed by atoms with E-state index in [1.165, 1.54) is 4.90 Å². The lowest BCUT2D eigenvalue weighted by atomic mass is 9.94. The predicted molar refractivity (Wildman–Crippen MR) is 74.9 cm³/mol. The van der Waals surface area contributed by atoms with Gasteiger partial charge in [0.25, 0.3) is 5.91 Å². The number of carbonyl (C=O) groups is 1. The largest absolute Gasteiger partial charge is 0.393 e. The van der Waals surface area contributed by atoms with Gasteiger partial charge in [-0.05, 0) is 26.2 Å². The van der Waals surface area contributed by atoms with E-state index in [-0.39, 0.29) is 24.9 Å². The zero-order chi connectivity index (χ0) is 15.0. The number of hydrogen-bond donors (Lipinski definition) is 3. The molecule has 1 aromatic rings. The zero-order valence-electron chi connectivity index (χ0n) is 12.1. The normalized spacial score (nSPS) is 28.9. The number of aliphatic hydroxyl groups is 2. The molecule has 0 radical (unpaired) electrons. The number of hydrogen-bond acceptors (Lipinski definition) is 6. The molecule has 0 saturated carbocycles. The second kappa shape index (κ2) is 5.27. The Hall–Kier alpha value is -1.67. The van der Waals surface area contributed by atoms with Crippen LogP contribution < -0.4 is 5.32 Å². The van der Waals surface area contributed by atoms with Gasteiger partial charge < -0.3 is 20.4 Å². The van der Waals surface area contributed by atoms with Crippen LogP contribution in [0.3, 0.4) is 0 Å². The number of β-amino-alcohol motifs (C(OH)–C–C–N with tert-alkyl or cyclic N) is 1. The van der Waals surface area contributed by atoms with Crippen LogP contribution in [0.2, 0.25) is 0 Å². The van der Waals surface area contributed by atoms with E-state index >= 15 is 0 Å². The first-order chi connectivity index (χ1) is 10.0.